The summed E-state index contributed by atoms with van der Waals surface area (Å²) in [6, 6.07) is 92.9. The van der Waals surface area contributed by atoms with Gasteiger partial charge in [-0.3, -0.25) is 0 Å². The van der Waals surface area contributed by atoms with Gasteiger partial charge in [0.25, 0.3) is 0 Å². The second kappa shape index (κ2) is 17.9. The first-order valence-corrected chi connectivity index (χ1v) is 23.5. The average molecular weight is 863 g/mol. The first kappa shape index (κ1) is 40.7. The Bertz CT molecular complexity index is 3840. The van der Waals surface area contributed by atoms with Crippen molar-refractivity contribution < 1.29 is 0 Å². The van der Waals surface area contributed by atoms with E-state index in [1.807, 2.05) is 0 Å². The molecule has 12 aromatic rings. The van der Waals surface area contributed by atoms with Crippen LogP contribution in [-0.4, -0.2) is 0 Å². The zero-order valence-electron chi connectivity index (χ0n) is 37.6. The van der Waals surface area contributed by atoms with Crippen molar-refractivity contribution in [3.05, 3.63) is 277 Å². The van der Waals surface area contributed by atoms with Gasteiger partial charge in [-0.05, 0) is 121 Å². The molecule has 68 heavy (non-hydrogen) atoms. The summed E-state index contributed by atoms with van der Waals surface area (Å²) in [5, 5.41) is 9.95. The molecule has 0 atom stereocenters. The number of hydrogen-bond acceptors (Lipinski definition) is 0. The molecule has 0 aliphatic heterocycles. The SMILES string of the molecule is C(=C\c1ccc(-c2ccc(-c3c4ccccc4c(-c4ccc(-c5ccc(/C=C/c6ccccc6)c6ccccc56)cc4)c4c(-c5ccccc5)cccc34)cc2)c2ccccc12)/c1ccccc1. The molecule has 0 amide bonds. The third kappa shape index (κ3) is 7.59. The Morgan fingerprint density at radius 3 is 1.06 bits per heavy atom. The Hall–Kier alpha value is -8.84. The van der Waals surface area contributed by atoms with E-state index in [1.165, 1.54) is 121 Å². The van der Waals surface area contributed by atoms with Crippen LogP contribution in [0.5, 0.6) is 0 Å². The van der Waals surface area contributed by atoms with Gasteiger partial charge in [0.2, 0.25) is 0 Å². The standard InChI is InChI=1S/C68H46/c1-4-17-47(18-5-1)31-33-50-43-45-58(61-25-12-10-23-56(50)61)52-35-39-54(40-36-52)66-63-27-14-15-28-64(63)67(68-60(29-16-30-65(66)68)49-21-8-3-9-22-49)55-41-37-53(38-42-55)59-46-44-51(57-24-11-13-26-62(57)59)34-32-48-19-6-2-7-20-48/h1-46H/b33-31+,34-32+. The van der Waals surface area contributed by atoms with E-state index in [0.717, 1.165) is 0 Å². The summed E-state index contributed by atoms with van der Waals surface area (Å²) in [5.74, 6) is 0. The molecule has 0 radical (unpaired) electrons. The van der Waals surface area contributed by atoms with E-state index in [4.69, 9.17) is 0 Å². The van der Waals surface area contributed by atoms with Crippen molar-refractivity contribution in [2.75, 3.05) is 0 Å². The molecule has 12 aromatic carbocycles. The Morgan fingerprint density at radius 1 is 0.191 bits per heavy atom. The Kier molecular flexibility index (Phi) is 10.7. The zero-order valence-corrected chi connectivity index (χ0v) is 37.6. The molecule has 0 saturated carbocycles. The lowest BCUT2D eigenvalue weighted by Gasteiger charge is -2.21. The minimum Gasteiger partial charge on any atom is -0.0622 e. The third-order valence-electron chi connectivity index (χ3n) is 13.5. The number of rotatable bonds is 9. The predicted molar refractivity (Wildman–Crippen MR) is 294 cm³/mol. The lowest BCUT2D eigenvalue weighted by Crippen LogP contribution is -1.93. The molecule has 0 saturated heterocycles. The van der Waals surface area contributed by atoms with Gasteiger partial charge < -0.3 is 0 Å². The number of hydrogen-bond donors (Lipinski definition) is 0. The summed E-state index contributed by atoms with van der Waals surface area (Å²) in [6.07, 6.45) is 8.86. The van der Waals surface area contributed by atoms with Gasteiger partial charge in [-0.1, -0.05) is 279 Å². The van der Waals surface area contributed by atoms with Crippen molar-refractivity contribution in [2.45, 2.75) is 0 Å². The van der Waals surface area contributed by atoms with E-state index < -0.39 is 0 Å². The van der Waals surface area contributed by atoms with E-state index in [2.05, 4.69) is 279 Å². The summed E-state index contributed by atoms with van der Waals surface area (Å²) >= 11 is 0. The Labute approximate surface area is 398 Å². The highest BCUT2D eigenvalue weighted by Crippen LogP contribution is 2.48. The van der Waals surface area contributed by atoms with E-state index in [-0.39, 0.29) is 0 Å². The van der Waals surface area contributed by atoms with E-state index in [1.54, 1.807) is 0 Å². The van der Waals surface area contributed by atoms with Crippen LogP contribution in [0.4, 0.5) is 0 Å². The van der Waals surface area contributed by atoms with Crippen LogP contribution in [0.1, 0.15) is 22.3 Å². The fraction of sp³-hybridized carbons (Fsp3) is 0. The maximum atomic E-state index is 2.33. The van der Waals surface area contributed by atoms with E-state index >= 15 is 0 Å². The van der Waals surface area contributed by atoms with Gasteiger partial charge >= 0.3 is 0 Å². The first-order valence-electron chi connectivity index (χ1n) is 23.5. The molecule has 0 fully saturated rings. The maximum Gasteiger partial charge on any atom is -0.00141 e. The van der Waals surface area contributed by atoms with Crippen molar-refractivity contribution in [3.63, 3.8) is 0 Å². The summed E-state index contributed by atoms with van der Waals surface area (Å²) < 4.78 is 0. The Balaban J connectivity index is 0.976. The van der Waals surface area contributed by atoms with Gasteiger partial charge in [0, 0.05) is 0 Å². The fourth-order valence-corrected chi connectivity index (χ4v) is 10.3. The highest BCUT2D eigenvalue weighted by Gasteiger charge is 2.20. The van der Waals surface area contributed by atoms with Crippen LogP contribution in [0.3, 0.4) is 0 Å². The molecule has 12 rings (SSSR count). The second-order valence-corrected chi connectivity index (χ2v) is 17.5. The molecule has 0 heteroatoms. The fourth-order valence-electron chi connectivity index (χ4n) is 10.3. The largest absolute Gasteiger partial charge is 0.0622 e. The van der Waals surface area contributed by atoms with Crippen LogP contribution in [0, 0.1) is 0 Å². The smallest absolute Gasteiger partial charge is 0.00141 e. The molecule has 0 aliphatic rings. The maximum absolute atomic E-state index is 2.33. The van der Waals surface area contributed by atoms with Crippen molar-refractivity contribution in [1.82, 2.24) is 0 Å². The molecular weight excluding hydrogens is 817 g/mol. The van der Waals surface area contributed by atoms with Crippen LogP contribution in [0.2, 0.25) is 0 Å². The quantitative estimate of drug-likeness (QED) is 0.100. The van der Waals surface area contributed by atoms with Crippen LogP contribution in [0.15, 0.2) is 255 Å². The molecule has 0 spiro atoms. The lowest BCUT2D eigenvalue weighted by atomic mass is 9.82. The van der Waals surface area contributed by atoms with Crippen LogP contribution in [0.25, 0.3) is 123 Å². The summed E-state index contributed by atoms with van der Waals surface area (Å²) in [6.45, 7) is 0. The molecule has 0 heterocycles. The predicted octanol–water partition coefficient (Wildman–Crippen LogP) is 19.0. The van der Waals surface area contributed by atoms with Crippen molar-refractivity contribution in [3.8, 4) is 55.6 Å². The van der Waals surface area contributed by atoms with Crippen LogP contribution >= 0.6 is 0 Å². The average Bonchev–Trinajstić information content (AvgIpc) is 3.42. The van der Waals surface area contributed by atoms with Crippen molar-refractivity contribution >= 4 is 67.4 Å². The normalized spacial score (nSPS) is 11.7. The molecular formula is C68H46. The lowest BCUT2D eigenvalue weighted by molar-refractivity contribution is 1.61. The third-order valence-corrected chi connectivity index (χ3v) is 13.5. The summed E-state index contributed by atoms with van der Waals surface area (Å²) in [4.78, 5) is 0. The van der Waals surface area contributed by atoms with Gasteiger partial charge in [-0.25, -0.2) is 0 Å². The molecule has 0 aliphatic carbocycles. The van der Waals surface area contributed by atoms with Gasteiger partial charge in [-0.15, -0.1) is 0 Å². The minimum absolute atomic E-state index is 1.19. The van der Waals surface area contributed by atoms with Gasteiger partial charge in [0.1, 0.15) is 0 Å². The molecule has 318 valence electrons. The van der Waals surface area contributed by atoms with E-state index in [0.29, 0.717) is 0 Å². The zero-order chi connectivity index (χ0) is 45.2. The highest BCUT2D eigenvalue weighted by molar-refractivity contribution is 6.25. The van der Waals surface area contributed by atoms with Crippen LogP contribution < -0.4 is 0 Å². The molecule has 0 unspecified atom stereocenters. The van der Waals surface area contributed by atoms with E-state index in [9.17, 15) is 0 Å². The van der Waals surface area contributed by atoms with Crippen LogP contribution in [-0.2, 0) is 0 Å². The monoisotopic (exact) mass is 862 g/mol. The van der Waals surface area contributed by atoms with Crippen molar-refractivity contribution in [2.24, 2.45) is 0 Å². The van der Waals surface area contributed by atoms with Crippen molar-refractivity contribution in [1.29, 1.82) is 0 Å². The highest BCUT2D eigenvalue weighted by atomic mass is 14.2. The van der Waals surface area contributed by atoms with Gasteiger partial charge in [-0.2, -0.15) is 0 Å². The first-order chi connectivity index (χ1) is 33.7. The second-order valence-electron chi connectivity index (χ2n) is 17.5. The van der Waals surface area contributed by atoms with Gasteiger partial charge in [0.15, 0.2) is 0 Å². The number of benzene rings is 12. The molecule has 0 aromatic heterocycles. The number of fused-ring (bicyclic) bond motifs is 4. The molecule has 0 nitrogen and oxygen atoms in total. The van der Waals surface area contributed by atoms with Gasteiger partial charge in [0.05, 0.1) is 0 Å². The Morgan fingerprint density at radius 2 is 0.559 bits per heavy atom. The summed E-state index contributed by atoms with van der Waals surface area (Å²) in [5.41, 5.74) is 17.0. The topological polar surface area (TPSA) is 0 Å². The minimum atomic E-state index is 1.19. The molecule has 0 N–H and O–H groups in total. The molecule has 0 bridgehead atoms. The summed E-state index contributed by atoms with van der Waals surface area (Å²) in [7, 11) is 0.